The Morgan fingerprint density at radius 2 is 1.77 bits per heavy atom. The minimum atomic E-state index is -1.34. The minimum absolute atomic E-state index is 0.112. The lowest BCUT2D eigenvalue weighted by atomic mass is 9.71. The molecule has 1 spiro atoms. The van der Waals surface area contributed by atoms with Crippen molar-refractivity contribution in [1.82, 2.24) is 30.0 Å². The molecule has 4 fully saturated rings. The van der Waals surface area contributed by atoms with Gasteiger partial charge in [-0.15, -0.1) is 0 Å². The number of ether oxygens (including phenoxy) is 1. The van der Waals surface area contributed by atoms with Crippen molar-refractivity contribution in [3.63, 3.8) is 0 Å². The van der Waals surface area contributed by atoms with E-state index in [1.165, 1.54) is 23.9 Å². The number of aliphatic hydroxyl groups excluding tert-OH is 1. The highest BCUT2D eigenvalue weighted by atomic mass is 35.5. The molecular formula is C46H54ClF2N9O6. The number of alkyl halides is 1. The third-order valence-electron chi connectivity index (χ3n) is 13.9. The van der Waals surface area contributed by atoms with Gasteiger partial charge < -0.3 is 39.7 Å². The van der Waals surface area contributed by atoms with Crippen molar-refractivity contribution in [1.29, 1.82) is 0 Å². The van der Waals surface area contributed by atoms with Gasteiger partial charge in [0, 0.05) is 99.7 Å². The maximum absolute atomic E-state index is 16.5. The molecule has 9 rings (SSSR count). The topological polar surface area (TPSA) is 165 Å². The van der Waals surface area contributed by atoms with Crippen molar-refractivity contribution in [2.75, 3.05) is 74.6 Å². The number of pyridine rings is 2. The summed E-state index contributed by atoms with van der Waals surface area (Å²) in [7, 11) is 1.45. The van der Waals surface area contributed by atoms with E-state index in [9.17, 15) is 24.3 Å². The standard InChI is InChI=1S/C46H54ClF2N9O6/c1-27(2)58-35-7-6-33(41(48)31(35)19-37(44(58)63)64-23-40(60)50-3)52-34-20-38(51-21-32(34)47)55-16-12-46(49,13-17-55)26-54-14-10-45(11-15-54)24-56(25-45)29-4-5-30-28(18-29)22-57(43(30)62)36-8-9-39(59)53-42(36)61/h4-7,18-21,27,36,43,62H,8-17,22-26H2,1-3H3,(H,50,60)(H,51,52)(H,53,59,61). The maximum Gasteiger partial charge on any atom is 0.293 e. The number of imide groups is 1. The Morgan fingerprint density at radius 1 is 1.02 bits per heavy atom. The van der Waals surface area contributed by atoms with Gasteiger partial charge in [0.1, 0.15) is 17.7 Å². The molecule has 4 saturated heterocycles. The summed E-state index contributed by atoms with van der Waals surface area (Å²) < 4.78 is 39.7. The number of rotatable bonds is 11. The molecule has 0 aliphatic carbocycles. The predicted molar refractivity (Wildman–Crippen MR) is 239 cm³/mol. The van der Waals surface area contributed by atoms with Crippen molar-refractivity contribution in [2.24, 2.45) is 5.41 Å². The molecule has 2 atom stereocenters. The Kier molecular flexibility index (Phi) is 11.8. The first-order chi connectivity index (χ1) is 30.6. The minimum Gasteiger partial charge on any atom is -0.478 e. The van der Waals surface area contributed by atoms with Crippen LogP contribution in [0.1, 0.15) is 75.8 Å². The van der Waals surface area contributed by atoms with E-state index in [1.807, 2.05) is 17.0 Å². The van der Waals surface area contributed by atoms with Gasteiger partial charge in [0.25, 0.3) is 11.5 Å². The Balaban J connectivity index is 0.783. The molecule has 18 heteroatoms. The average molecular weight is 902 g/mol. The van der Waals surface area contributed by atoms with Crippen LogP contribution in [0.15, 0.2) is 53.5 Å². The zero-order valence-electron chi connectivity index (χ0n) is 36.3. The molecule has 3 amide bonds. The van der Waals surface area contributed by atoms with E-state index in [-0.39, 0.29) is 51.5 Å². The summed E-state index contributed by atoms with van der Waals surface area (Å²) in [5.41, 5.74) is 2.16. The molecule has 64 heavy (non-hydrogen) atoms. The molecule has 4 aromatic rings. The van der Waals surface area contributed by atoms with Crippen molar-refractivity contribution < 1.29 is 33.0 Å². The quantitative estimate of drug-likeness (QED) is 0.147. The van der Waals surface area contributed by atoms with E-state index < -0.39 is 41.8 Å². The zero-order valence-corrected chi connectivity index (χ0v) is 37.0. The molecule has 2 aromatic carbocycles. The summed E-state index contributed by atoms with van der Waals surface area (Å²) in [4.78, 5) is 62.2. The van der Waals surface area contributed by atoms with E-state index in [0.29, 0.717) is 62.5 Å². The molecule has 0 saturated carbocycles. The Bertz CT molecular complexity index is 2550. The lowest BCUT2D eigenvalue weighted by Gasteiger charge is -2.55. The van der Waals surface area contributed by atoms with Gasteiger partial charge in [-0.3, -0.25) is 29.4 Å². The van der Waals surface area contributed by atoms with Gasteiger partial charge in [-0.1, -0.05) is 17.7 Å². The number of anilines is 4. The number of halogens is 3. The van der Waals surface area contributed by atoms with Crippen molar-refractivity contribution >= 4 is 63.1 Å². The first-order valence-corrected chi connectivity index (χ1v) is 22.5. The van der Waals surface area contributed by atoms with Crippen LogP contribution in [-0.2, 0) is 20.9 Å². The SMILES string of the molecule is CNC(=O)COc1cc2c(F)c(Nc3cc(N4CCC(F)(CN5CCC6(CC5)CN(c5ccc7c(c5)CN(C5CCC(=O)NC5=O)C7O)C6)CC4)ncc3Cl)ccc2n(C(C)C)c1=O. The second-order valence-electron chi connectivity index (χ2n) is 18.4. The third-order valence-corrected chi connectivity index (χ3v) is 14.2. The summed E-state index contributed by atoms with van der Waals surface area (Å²) >= 11 is 6.58. The molecule has 340 valence electrons. The summed E-state index contributed by atoms with van der Waals surface area (Å²) in [6.45, 7) is 8.46. The van der Waals surface area contributed by atoms with Crippen LogP contribution in [0.3, 0.4) is 0 Å². The summed E-state index contributed by atoms with van der Waals surface area (Å²) in [6.07, 6.45) is 3.92. The van der Waals surface area contributed by atoms with Crippen LogP contribution in [0.25, 0.3) is 10.9 Å². The third kappa shape index (κ3) is 8.38. The number of aliphatic hydroxyl groups is 1. The average Bonchev–Trinajstić information content (AvgIpc) is 3.58. The van der Waals surface area contributed by atoms with Crippen molar-refractivity contribution in [3.05, 3.63) is 81.0 Å². The van der Waals surface area contributed by atoms with E-state index in [2.05, 4.69) is 36.8 Å². The highest BCUT2D eigenvalue weighted by Gasteiger charge is 2.47. The lowest BCUT2D eigenvalue weighted by Crippen LogP contribution is -2.61. The number of fused-ring (bicyclic) bond motifs is 2. The molecular weight excluding hydrogens is 848 g/mol. The van der Waals surface area contributed by atoms with Crippen LogP contribution in [0.4, 0.5) is 31.7 Å². The van der Waals surface area contributed by atoms with Gasteiger partial charge in [0.05, 0.1) is 34.2 Å². The summed E-state index contributed by atoms with van der Waals surface area (Å²) in [6, 6.07) is 11.5. The Labute approximate surface area is 374 Å². The fourth-order valence-corrected chi connectivity index (χ4v) is 10.3. The molecule has 4 N–H and O–H groups in total. The molecule has 2 aromatic heterocycles. The van der Waals surface area contributed by atoms with Crippen molar-refractivity contribution in [2.45, 2.75) is 82.9 Å². The Morgan fingerprint density at radius 3 is 2.47 bits per heavy atom. The fourth-order valence-electron chi connectivity index (χ4n) is 10.2. The number of piperidine rings is 3. The lowest BCUT2D eigenvalue weighted by molar-refractivity contribution is -0.141. The molecule has 15 nitrogen and oxygen atoms in total. The number of nitrogens with one attached hydrogen (secondary N) is 3. The van der Waals surface area contributed by atoms with Gasteiger partial charge >= 0.3 is 0 Å². The second kappa shape index (κ2) is 17.2. The first-order valence-electron chi connectivity index (χ1n) is 22.1. The largest absolute Gasteiger partial charge is 0.478 e. The zero-order chi connectivity index (χ0) is 45.1. The number of hydrogen-bond acceptors (Lipinski definition) is 12. The maximum atomic E-state index is 16.5. The number of likely N-dealkylation sites (N-methyl/N-ethyl adjacent to an activating group) is 1. The van der Waals surface area contributed by atoms with Crippen LogP contribution in [0.2, 0.25) is 5.02 Å². The van der Waals surface area contributed by atoms with Crippen LogP contribution in [0.5, 0.6) is 5.75 Å². The van der Waals surface area contributed by atoms with Gasteiger partial charge in [-0.25, -0.2) is 13.8 Å². The van der Waals surface area contributed by atoms with E-state index >= 15 is 8.78 Å². The molecule has 2 unspecified atom stereocenters. The number of aromatic nitrogens is 2. The first kappa shape index (κ1) is 43.9. The Hall–Kier alpha value is -5.36. The number of hydrogen-bond donors (Lipinski definition) is 4. The van der Waals surface area contributed by atoms with Gasteiger partial charge in [0.2, 0.25) is 11.8 Å². The molecule has 0 bridgehead atoms. The number of carbonyl (C=O) groups is 3. The highest BCUT2D eigenvalue weighted by Crippen LogP contribution is 2.45. The van der Waals surface area contributed by atoms with Gasteiger partial charge in [0.15, 0.2) is 18.2 Å². The molecule has 5 aliphatic rings. The number of benzene rings is 2. The van der Waals surface area contributed by atoms with Gasteiger partial charge in [-0.05, 0) is 82.1 Å². The van der Waals surface area contributed by atoms with Gasteiger partial charge in [-0.2, -0.15) is 0 Å². The molecule has 0 radical (unpaired) electrons. The summed E-state index contributed by atoms with van der Waals surface area (Å²) in [5.74, 6) is -1.25. The second-order valence-corrected chi connectivity index (χ2v) is 18.8. The fraction of sp³-hybridized carbons (Fsp3) is 0.500. The van der Waals surface area contributed by atoms with E-state index in [1.54, 1.807) is 36.9 Å². The number of carbonyl (C=O) groups excluding carboxylic acids is 3. The normalized spacial score (nSPS) is 22.1. The summed E-state index contributed by atoms with van der Waals surface area (Å²) in [5, 5.41) is 19.4. The van der Waals surface area contributed by atoms with Crippen LogP contribution in [0, 0.1) is 11.2 Å². The number of amides is 3. The van der Waals surface area contributed by atoms with E-state index in [0.717, 1.165) is 55.8 Å². The predicted octanol–water partition coefficient (Wildman–Crippen LogP) is 5.16. The van der Waals surface area contributed by atoms with E-state index in [4.69, 9.17) is 16.3 Å². The number of nitrogens with zero attached hydrogens (tertiary/aromatic N) is 6. The van der Waals surface area contributed by atoms with Crippen LogP contribution >= 0.6 is 11.6 Å². The smallest absolute Gasteiger partial charge is 0.293 e. The molecule has 5 aliphatic heterocycles. The number of likely N-dealkylation sites (tertiary alicyclic amines) is 1. The van der Waals surface area contributed by atoms with Crippen molar-refractivity contribution in [3.8, 4) is 5.75 Å². The molecule has 7 heterocycles. The monoisotopic (exact) mass is 901 g/mol. The highest BCUT2D eigenvalue weighted by molar-refractivity contribution is 6.33. The van der Waals surface area contributed by atoms with Crippen LogP contribution < -0.4 is 36.0 Å². The van der Waals surface area contributed by atoms with Crippen LogP contribution in [-0.4, -0.2) is 113 Å².